The molecule has 1 unspecified atom stereocenters. The molecule has 0 fully saturated rings. The summed E-state index contributed by atoms with van der Waals surface area (Å²) in [7, 11) is 0. The highest BCUT2D eigenvalue weighted by molar-refractivity contribution is 9.09. The molecule has 3 rings (SSSR count). The Balaban J connectivity index is 1.85. The van der Waals surface area contributed by atoms with E-state index in [-0.39, 0.29) is 10.5 Å². The van der Waals surface area contributed by atoms with Crippen LogP contribution in [0.15, 0.2) is 47.3 Å². The molecule has 3 aromatic rings. The zero-order chi connectivity index (χ0) is 14.1. The molecule has 0 bridgehead atoms. The maximum atomic E-state index is 11.3. The van der Waals surface area contributed by atoms with E-state index in [1.165, 1.54) is 11.1 Å². The summed E-state index contributed by atoms with van der Waals surface area (Å²) in [4.78, 5) is 17.0. The number of hydrogen-bond acceptors (Lipinski definition) is 1. The first-order valence-electron chi connectivity index (χ1n) is 6.53. The fourth-order valence-corrected chi connectivity index (χ4v) is 2.95. The molecule has 0 saturated carbocycles. The van der Waals surface area contributed by atoms with Gasteiger partial charge >= 0.3 is 5.69 Å². The van der Waals surface area contributed by atoms with Gasteiger partial charge in [0.15, 0.2) is 0 Å². The Morgan fingerprint density at radius 2 is 1.75 bits per heavy atom. The third kappa shape index (κ3) is 2.70. The molecule has 3 nitrogen and oxygen atoms in total. The Morgan fingerprint density at radius 3 is 2.50 bits per heavy atom. The van der Waals surface area contributed by atoms with Gasteiger partial charge in [0.25, 0.3) is 0 Å². The molecule has 2 N–H and O–H groups in total. The van der Waals surface area contributed by atoms with Gasteiger partial charge in [-0.3, -0.25) is 0 Å². The number of rotatable bonds is 3. The summed E-state index contributed by atoms with van der Waals surface area (Å²) in [6, 6.07) is 14.6. The van der Waals surface area contributed by atoms with Gasteiger partial charge in [-0.15, -0.1) is 0 Å². The first kappa shape index (κ1) is 13.2. The highest BCUT2D eigenvalue weighted by atomic mass is 79.9. The SMILES string of the molecule is Cc1ccc(CC(Br)c2ccc3[nH]c(=O)[nH]c3c2)cc1. The second-order valence-electron chi connectivity index (χ2n) is 5.04. The zero-order valence-corrected chi connectivity index (χ0v) is 12.7. The van der Waals surface area contributed by atoms with Crippen molar-refractivity contribution in [2.45, 2.75) is 18.2 Å². The molecule has 1 heterocycles. The average molecular weight is 331 g/mol. The van der Waals surface area contributed by atoms with Crippen molar-refractivity contribution in [1.82, 2.24) is 9.97 Å². The lowest BCUT2D eigenvalue weighted by Gasteiger charge is -2.10. The van der Waals surface area contributed by atoms with E-state index >= 15 is 0 Å². The van der Waals surface area contributed by atoms with E-state index in [1.807, 2.05) is 18.2 Å². The highest BCUT2D eigenvalue weighted by Crippen LogP contribution is 2.28. The lowest BCUT2D eigenvalue weighted by molar-refractivity contribution is 0.949. The van der Waals surface area contributed by atoms with Crippen molar-refractivity contribution < 1.29 is 0 Å². The summed E-state index contributed by atoms with van der Waals surface area (Å²) in [5.74, 6) is 0. The Morgan fingerprint density at radius 1 is 1.05 bits per heavy atom. The lowest BCUT2D eigenvalue weighted by Crippen LogP contribution is -1.99. The van der Waals surface area contributed by atoms with E-state index in [9.17, 15) is 4.79 Å². The lowest BCUT2D eigenvalue weighted by atomic mass is 10.0. The third-order valence-electron chi connectivity index (χ3n) is 3.44. The van der Waals surface area contributed by atoms with Gasteiger partial charge in [-0.05, 0) is 36.6 Å². The maximum absolute atomic E-state index is 11.3. The van der Waals surface area contributed by atoms with Crippen molar-refractivity contribution in [3.8, 4) is 0 Å². The van der Waals surface area contributed by atoms with Crippen LogP contribution in [0.4, 0.5) is 0 Å². The number of imidazole rings is 1. The molecule has 1 aromatic heterocycles. The predicted molar refractivity (Wildman–Crippen MR) is 85.5 cm³/mol. The van der Waals surface area contributed by atoms with E-state index in [1.54, 1.807) is 0 Å². The van der Waals surface area contributed by atoms with Crippen molar-refractivity contribution in [2.75, 3.05) is 0 Å². The highest BCUT2D eigenvalue weighted by Gasteiger charge is 2.10. The van der Waals surface area contributed by atoms with Gasteiger partial charge in [0.1, 0.15) is 0 Å². The summed E-state index contributed by atoms with van der Waals surface area (Å²) in [5, 5.41) is 0. The molecular formula is C16H15BrN2O. The first-order chi connectivity index (χ1) is 9.61. The fraction of sp³-hybridized carbons (Fsp3) is 0.188. The van der Waals surface area contributed by atoms with E-state index in [0.29, 0.717) is 0 Å². The zero-order valence-electron chi connectivity index (χ0n) is 11.1. The van der Waals surface area contributed by atoms with E-state index < -0.39 is 0 Å². The molecule has 0 aliphatic heterocycles. The minimum Gasteiger partial charge on any atom is -0.306 e. The number of benzene rings is 2. The van der Waals surface area contributed by atoms with Gasteiger partial charge in [0.2, 0.25) is 0 Å². The van der Waals surface area contributed by atoms with Crippen molar-refractivity contribution in [3.05, 3.63) is 69.6 Å². The number of H-pyrrole nitrogens is 2. The quantitative estimate of drug-likeness (QED) is 0.704. The van der Waals surface area contributed by atoms with Gasteiger partial charge in [-0.1, -0.05) is 51.8 Å². The largest absolute Gasteiger partial charge is 0.323 e. The van der Waals surface area contributed by atoms with Crippen LogP contribution in [0.1, 0.15) is 21.5 Å². The third-order valence-corrected chi connectivity index (χ3v) is 4.29. The minimum atomic E-state index is -0.165. The second-order valence-corrected chi connectivity index (χ2v) is 6.15. The second kappa shape index (κ2) is 5.29. The Bertz CT molecular complexity index is 786. The number of hydrogen-bond donors (Lipinski definition) is 2. The smallest absolute Gasteiger partial charge is 0.306 e. The number of aromatic amines is 2. The maximum Gasteiger partial charge on any atom is 0.323 e. The summed E-state index contributed by atoms with van der Waals surface area (Å²) in [5.41, 5.74) is 5.25. The normalized spacial score (nSPS) is 12.7. The van der Waals surface area contributed by atoms with E-state index in [2.05, 4.69) is 57.1 Å². The number of aryl methyl sites for hydroxylation is 1. The Kier molecular flexibility index (Phi) is 3.49. The fourth-order valence-electron chi connectivity index (χ4n) is 2.29. The van der Waals surface area contributed by atoms with Crippen LogP contribution in [0.2, 0.25) is 0 Å². The van der Waals surface area contributed by atoms with Crippen LogP contribution in [-0.2, 0) is 6.42 Å². The van der Waals surface area contributed by atoms with Gasteiger partial charge in [-0.25, -0.2) is 4.79 Å². The topological polar surface area (TPSA) is 48.6 Å². The van der Waals surface area contributed by atoms with Crippen molar-refractivity contribution in [1.29, 1.82) is 0 Å². The number of fused-ring (bicyclic) bond motifs is 1. The summed E-state index contributed by atoms with van der Waals surface area (Å²) >= 11 is 3.73. The van der Waals surface area contributed by atoms with Crippen LogP contribution in [0.5, 0.6) is 0 Å². The predicted octanol–water partition coefficient (Wildman–Crippen LogP) is 3.84. The molecule has 1 atom stereocenters. The molecule has 4 heteroatoms. The van der Waals surface area contributed by atoms with Crippen LogP contribution in [-0.4, -0.2) is 9.97 Å². The standard InChI is InChI=1S/C16H15BrN2O/c1-10-2-4-11(5-3-10)8-13(17)12-6-7-14-15(9-12)19-16(20)18-14/h2-7,9,13H,8H2,1H3,(H2,18,19,20). The molecule has 102 valence electrons. The van der Waals surface area contributed by atoms with Crippen LogP contribution in [0, 0.1) is 6.92 Å². The van der Waals surface area contributed by atoms with Crippen molar-refractivity contribution in [3.63, 3.8) is 0 Å². The van der Waals surface area contributed by atoms with Crippen LogP contribution >= 0.6 is 15.9 Å². The summed E-state index contributed by atoms with van der Waals surface area (Å²) < 4.78 is 0. The van der Waals surface area contributed by atoms with Crippen LogP contribution in [0.3, 0.4) is 0 Å². The summed E-state index contributed by atoms with van der Waals surface area (Å²) in [6.45, 7) is 2.09. The Hall–Kier alpha value is -1.81. The van der Waals surface area contributed by atoms with Crippen LogP contribution < -0.4 is 5.69 Å². The molecule has 0 aliphatic carbocycles. The van der Waals surface area contributed by atoms with Crippen molar-refractivity contribution >= 4 is 27.0 Å². The van der Waals surface area contributed by atoms with E-state index in [0.717, 1.165) is 23.0 Å². The number of aromatic nitrogens is 2. The van der Waals surface area contributed by atoms with Crippen molar-refractivity contribution in [2.24, 2.45) is 0 Å². The monoisotopic (exact) mass is 330 g/mol. The van der Waals surface area contributed by atoms with Gasteiger partial charge in [0, 0.05) is 4.83 Å². The summed E-state index contributed by atoms with van der Waals surface area (Å²) in [6.07, 6.45) is 0.917. The molecule has 0 aliphatic rings. The first-order valence-corrected chi connectivity index (χ1v) is 7.45. The van der Waals surface area contributed by atoms with Gasteiger partial charge in [0.05, 0.1) is 11.0 Å². The minimum absolute atomic E-state index is 0.165. The molecule has 2 aromatic carbocycles. The van der Waals surface area contributed by atoms with Crippen LogP contribution in [0.25, 0.3) is 11.0 Å². The number of nitrogens with one attached hydrogen (secondary N) is 2. The van der Waals surface area contributed by atoms with Gasteiger partial charge in [-0.2, -0.15) is 0 Å². The molecule has 0 amide bonds. The Labute approximate surface area is 125 Å². The molecule has 0 spiro atoms. The molecule has 20 heavy (non-hydrogen) atoms. The molecule has 0 radical (unpaired) electrons. The van der Waals surface area contributed by atoms with Gasteiger partial charge < -0.3 is 9.97 Å². The molecular weight excluding hydrogens is 316 g/mol. The molecule has 0 saturated heterocycles. The van der Waals surface area contributed by atoms with E-state index in [4.69, 9.17) is 0 Å². The average Bonchev–Trinajstić information content (AvgIpc) is 2.80. The number of halogens is 1. The number of alkyl halides is 1.